The molecule has 0 bridgehead atoms. The van der Waals surface area contributed by atoms with Gasteiger partial charge in [-0.25, -0.2) is 4.79 Å². The number of carbonyl (C=O) groups excluding carboxylic acids is 3. The molecule has 2 aromatic carbocycles. The Labute approximate surface area is 196 Å². The number of nitrogens with one attached hydrogen (secondary N) is 1. The van der Waals surface area contributed by atoms with Crippen LogP contribution in [0.2, 0.25) is 10.0 Å². The van der Waals surface area contributed by atoms with Gasteiger partial charge < -0.3 is 24.6 Å². The minimum absolute atomic E-state index is 0.128. The molecule has 0 unspecified atom stereocenters. The van der Waals surface area contributed by atoms with E-state index in [1.807, 2.05) is 24.3 Å². The van der Waals surface area contributed by atoms with Crippen LogP contribution < -0.4 is 10.2 Å². The number of benzene rings is 2. The lowest BCUT2D eigenvalue weighted by molar-refractivity contribution is -0.137. The first-order valence-electron chi connectivity index (χ1n) is 9.91. The number of esters is 1. The SMILES string of the molecule is COC(=O)c1cc(Cl)ccc1NC(=O)COCC(=O)N1CCN(c2ccc(Cl)cc2)CC1. The molecule has 1 heterocycles. The zero-order valence-electron chi connectivity index (χ0n) is 17.5. The van der Waals surface area contributed by atoms with Crippen molar-refractivity contribution in [2.45, 2.75) is 0 Å². The van der Waals surface area contributed by atoms with Crippen LogP contribution in [0.15, 0.2) is 42.5 Å². The lowest BCUT2D eigenvalue weighted by Crippen LogP contribution is -2.49. The Kier molecular flexibility index (Phi) is 8.33. The van der Waals surface area contributed by atoms with Gasteiger partial charge in [0.05, 0.1) is 18.4 Å². The van der Waals surface area contributed by atoms with Crippen molar-refractivity contribution in [3.8, 4) is 0 Å². The molecule has 1 fully saturated rings. The van der Waals surface area contributed by atoms with Gasteiger partial charge in [-0.3, -0.25) is 9.59 Å². The highest BCUT2D eigenvalue weighted by molar-refractivity contribution is 6.31. The molecular formula is C22H23Cl2N3O5. The summed E-state index contributed by atoms with van der Waals surface area (Å²) >= 11 is 11.8. The molecule has 0 saturated carbocycles. The van der Waals surface area contributed by atoms with Crippen LogP contribution in [0.5, 0.6) is 0 Å². The quantitative estimate of drug-likeness (QED) is 0.613. The molecule has 0 aromatic heterocycles. The molecule has 0 aliphatic carbocycles. The Morgan fingerprint density at radius 1 is 0.938 bits per heavy atom. The number of rotatable bonds is 7. The average Bonchev–Trinajstić information content (AvgIpc) is 2.80. The monoisotopic (exact) mass is 479 g/mol. The van der Waals surface area contributed by atoms with E-state index in [1.165, 1.54) is 25.3 Å². The maximum Gasteiger partial charge on any atom is 0.340 e. The minimum Gasteiger partial charge on any atom is -0.465 e. The van der Waals surface area contributed by atoms with E-state index >= 15 is 0 Å². The third-order valence-corrected chi connectivity index (χ3v) is 5.43. The number of hydrogen-bond acceptors (Lipinski definition) is 6. The molecular weight excluding hydrogens is 457 g/mol. The maximum atomic E-state index is 12.4. The highest BCUT2D eigenvalue weighted by Gasteiger charge is 2.22. The first-order chi connectivity index (χ1) is 15.4. The molecule has 3 rings (SSSR count). The fourth-order valence-electron chi connectivity index (χ4n) is 3.28. The molecule has 2 aromatic rings. The fourth-order valence-corrected chi connectivity index (χ4v) is 3.58. The van der Waals surface area contributed by atoms with Crippen molar-refractivity contribution in [2.75, 3.05) is 56.7 Å². The highest BCUT2D eigenvalue weighted by atomic mass is 35.5. The molecule has 0 radical (unpaired) electrons. The van der Waals surface area contributed by atoms with Crippen LogP contribution in [0.1, 0.15) is 10.4 Å². The van der Waals surface area contributed by atoms with Crippen molar-refractivity contribution in [2.24, 2.45) is 0 Å². The normalized spacial score (nSPS) is 13.6. The first-order valence-corrected chi connectivity index (χ1v) is 10.7. The Morgan fingerprint density at radius 3 is 2.25 bits per heavy atom. The van der Waals surface area contributed by atoms with E-state index in [4.69, 9.17) is 32.7 Å². The van der Waals surface area contributed by atoms with E-state index in [1.54, 1.807) is 4.90 Å². The van der Waals surface area contributed by atoms with Crippen molar-refractivity contribution in [3.05, 3.63) is 58.1 Å². The maximum absolute atomic E-state index is 12.4. The van der Waals surface area contributed by atoms with E-state index in [0.717, 1.165) is 5.69 Å². The van der Waals surface area contributed by atoms with Crippen LogP contribution in [0.3, 0.4) is 0 Å². The van der Waals surface area contributed by atoms with Crippen molar-refractivity contribution in [1.29, 1.82) is 0 Å². The van der Waals surface area contributed by atoms with E-state index in [9.17, 15) is 14.4 Å². The van der Waals surface area contributed by atoms with Gasteiger partial charge in [0.25, 0.3) is 0 Å². The van der Waals surface area contributed by atoms with Gasteiger partial charge in [-0.1, -0.05) is 23.2 Å². The Hall–Kier alpha value is -2.81. The Morgan fingerprint density at radius 2 is 1.59 bits per heavy atom. The second-order valence-corrected chi connectivity index (χ2v) is 7.94. The van der Waals surface area contributed by atoms with Crippen molar-refractivity contribution >= 4 is 52.4 Å². The largest absolute Gasteiger partial charge is 0.465 e. The third kappa shape index (κ3) is 6.35. The van der Waals surface area contributed by atoms with Gasteiger partial charge in [-0.05, 0) is 42.5 Å². The molecule has 0 atom stereocenters. The Balaban J connectivity index is 1.43. The average molecular weight is 480 g/mol. The second-order valence-electron chi connectivity index (χ2n) is 7.07. The van der Waals surface area contributed by atoms with E-state index in [2.05, 4.69) is 10.2 Å². The smallest absolute Gasteiger partial charge is 0.340 e. The molecule has 1 N–H and O–H groups in total. The number of hydrogen-bond donors (Lipinski definition) is 1. The Bertz CT molecular complexity index is 976. The molecule has 32 heavy (non-hydrogen) atoms. The molecule has 10 heteroatoms. The lowest BCUT2D eigenvalue weighted by atomic mass is 10.2. The molecule has 1 aliphatic heterocycles. The minimum atomic E-state index is -0.628. The van der Waals surface area contributed by atoms with Gasteiger partial charge in [0, 0.05) is 41.9 Å². The molecule has 8 nitrogen and oxygen atoms in total. The number of halogens is 2. The molecule has 170 valence electrons. The van der Waals surface area contributed by atoms with Gasteiger partial charge >= 0.3 is 5.97 Å². The molecule has 0 spiro atoms. The summed E-state index contributed by atoms with van der Waals surface area (Å²) in [5.74, 6) is -1.32. The highest BCUT2D eigenvalue weighted by Crippen LogP contribution is 2.22. The van der Waals surface area contributed by atoms with E-state index < -0.39 is 11.9 Å². The number of anilines is 2. The van der Waals surface area contributed by atoms with Crippen LogP contribution in [0.4, 0.5) is 11.4 Å². The standard InChI is InChI=1S/C22H23Cl2N3O5/c1-31-22(30)18-12-16(24)4-7-19(18)25-20(28)13-32-14-21(29)27-10-8-26(9-11-27)17-5-2-15(23)3-6-17/h2-7,12H,8-11,13-14H2,1H3,(H,25,28). The summed E-state index contributed by atoms with van der Waals surface area (Å²) in [6, 6.07) is 12.0. The van der Waals surface area contributed by atoms with Gasteiger partial charge in [-0.15, -0.1) is 0 Å². The van der Waals surface area contributed by atoms with Crippen LogP contribution in [0.25, 0.3) is 0 Å². The first kappa shape index (κ1) is 23.8. The molecule has 2 amide bonds. The summed E-state index contributed by atoms with van der Waals surface area (Å²) in [6.07, 6.45) is 0. The zero-order chi connectivity index (χ0) is 23.1. The van der Waals surface area contributed by atoms with Gasteiger partial charge in [-0.2, -0.15) is 0 Å². The second kappa shape index (κ2) is 11.2. The summed E-state index contributed by atoms with van der Waals surface area (Å²) in [6.45, 7) is 1.97. The summed E-state index contributed by atoms with van der Waals surface area (Å²) in [7, 11) is 1.23. The van der Waals surface area contributed by atoms with Crippen LogP contribution in [0, 0.1) is 0 Å². The van der Waals surface area contributed by atoms with E-state index in [0.29, 0.717) is 36.2 Å². The summed E-state index contributed by atoms with van der Waals surface area (Å²) in [5.41, 5.74) is 1.44. The fraction of sp³-hybridized carbons (Fsp3) is 0.318. The number of piperazine rings is 1. The van der Waals surface area contributed by atoms with Crippen LogP contribution in [-0.4, -0.2) is 69.2 Å². The zero-order valence-corrected chi connectivity index (χ0v) is 19.0. The van der Waals surface area contributed by atoms with Gasteiger partial charge in [0.1, 0.15) is 13.2 Å². The number of carbonyl (C=O) groups is 3. The van der Waals surface area contributed by atoms with Gasteiger partial charge in [0.2, 0.25) is 11.8 Å². The predicted molar refractivity (Wildman–Crippen MR) is 122 cm³/mol. The molecule has 1 aliphatic rings. The summed E-state index contributed by atoms with van der Waals surface area (Å²) in [5, 5.41) is 3.59. The summed E-state index contributed by atoms with van der Waals surface area (Å²) in [4.78, 5) is 40.3. The van der Waals surface area contributed by atoms with Crippen molar-refractivity contribution < 1.29 is 23.9 Å². The van der Waals surface area contributed by atoms with Crippen molar-refractivity contribution in [1.82, 2.24) is 4.90 Å². The number of amides is 2. The van der Waals surface area contributed by atoms with E-state index in [-0.39, 0.29) is 30.4 Å². The third-order valence-electron chi connectivity index (χ3n) is 4.94. The van der Waals surface area contributed by atoms with Crippen molar-refractivity contribution in [3.63, 3.8) is 0 Å². The topological polar surface area (TPSA) is 88.2 Å². The molecule has 1 saturated heterocycles. The predicted octanol–water partition coefficient (Wildman–Crippen LogP) is 3.08. The van der Waals surface area contributed by atoms with Crippen LogP contribution in [-0.2, 0) is 19.1 Å². The number of methoxy groups -OCH3 is 1. The number of nitrogens with zero attached hydrogens (tertiary/aromatic N) is 2. The lowest BCUT2D eigenvalue weighted by Gasteiger charge is -2.36. The number of ether oxygens (including phenoxy) is 2. The van der Waals surface area contributed by atoms with Crippen LogP contribution >= 0.6 is 23.2 Å². The van der Waals surface area contributed by atoms with Gasteiger partial charge in [0.15, 0.2) is 0 Å². The summed E-state index contributed by atoms with van der Waals surface area (Å²) < 4.78 is 9.98.